The van der Waals surface area contributed by atoms with Gasteiger partial charge in [0.05, 0.1) is 35.4 Å². The first-order chi connectivity index (χ1) is 17.6. The van der Waals surface area contributed by atoms with Crippen molar-refractivity contribution in [2.24, 2.45) is 11.8 Å². The standard InChI is InChI=1S/C26H32F3N5O3/c1-16(11-26(27,28)29)14-34(19-5-3-2-4-6-19)23-8-7-17(20-10-21(20)24(35)36)9-22(23)33-25(37)32-18-12-30-15-31-13-18/h7-9,12-13,15-16,19-21H,2-6,10-11,14H2,1H3,(H,35,36)(H2,32,33,37)/t16?,20-,21-/m1/s1. The summed E-state index contributed by atoms with van der Waals surface area (Å²) in [5.74, 6) is -2.15. The largest absolute Gasteiger partial charge is 0.481 e. The SMILES string of the molecule is CC(CN(c1ccc([C@H]2C[C@H]2C(=O)O)cc1NC(=O)Nc1cncnc1)C1CCCCC1)CC(F)(F)F. The minimum absolute atomic E-state index is 0.0501. The molecule has 0 radical (unpaired) electrons. The lowest BCUT2D eigenvalue weighted by Gasteiger charge is -2.39. The highest BCUT2D eigenvalue weighted by Gasteiger charge is 2.44. The number of carboxylic acids is 1. The summed E-state index contributed by atoms with van der Waals surface area (Å²) in [5.41, 5.74) is 2.24. The summed E-state index contributed by atoms with van der Waals surface area (Å²) in [7, 11) is 0. The summed E-state index contributed by atoms with van der Waals surface area (Å²) in [4.78, 5) is 34.1. The Morgan fingerprint density at radius 3 is 2.46 bits per heavy atom. The molecular formula is C26H32F3N5O3. The number of carbonyl (C=O) groups is 2. The van der Waals surface area contributed by atoms with Crippen molar-refractivity contribution in [3.63, 3.8) is 0 Å². The number of nitrogens with zero attached hydrogens (tertiary/aromatic N) is 3. The molecule has 2 saturated carbocycles. The first-order valence-corrected chi connectivity index (χ1v) is 12.6. The Hall–Kier alpha value is -3.37. The Kier molecular flexibility index (Phi) is 8.19. The average Bonchev–Trinajstić information content (AvgIpc) is 3.64. The van der Waals surface area contributed by atoms with E-state index in [0.717, 1.165) is 37.7 Å². The molecule has 11 heteroatoms. The third-order valence-corrected chi connectivity index (χ3v) is 7.04. The van der Waals surface area contributed by atoms with Gasteiger partial charge in [-0.25, -0.2) is 14.8 Å². The van der Waals surface area contributed by atoms with Gasteiger partial charge in [-0.1, -0.05) is 32.3 Å². The van der Waals surface area contributed by atoms with Crippen LogP contribution >= 0.6 is 0 Å². The molecule has 2 aromatic rings. The summed E-state index contributed by atoms with van der Waals surface area (Å²) in [6.45, 7) is 1.78. The van der Waals surface area contributed by atoms with Crippen LogP contribution in [-0.2, 0) is 4.79 Å². The van der Waals surface area contributed by atoms with Gasteiger partial charge >= 0.3 is 18.2 Å². The van der Waals surface area contributed by atoms with Gasteiger partial charge in [0.25, 0.3) is 0 Å². The Morgan fingerprint density at radius 1 is 1.14 bits per heavy atom. The van der Waals surface area contributed by atoms with Crippen LogP contribution in [0, 0.1) is 11.8 Å². The third kappa shape index (κ3) is 7.33. The maximum atomic E-state index is 13.2. The van der Waals surface area contributed by atoms with Crippen molar-refractivity contribution in [2.75, 3.05) is 22.1 Å². The molecule has 8 nitrogen and oxygen atoms in total. The number of carboxylic acid groups (broad SMARTS) is 1. The van der Waals surface area contributed by atoms with E-state index in [-0.39, 0.29) is 18.5 Å². The fraction of sp³-hybridized carbons (Fsp3) is 0.538. The molecule has 37 heavy (non-hydrogen) atoms. The molecule has 1 aromatic carbocycles. The van der Waals surface area contributed by atoms with Gasteiger partial charge in [-0.15, -0.1) is 0 Å². The van der Waals surface area contributed by atoms with Crippen molar-refractivity contribution in [1.29, 1.82) is 0 Å². The summed E-state index contributed by atoms with van der Waals surface area (Å²) < 4.78 is 39.5. The Bertz CT molecular complexity index is 1090. The molecule has 2 amide bonds. The second kappa shape index (κ2) is 11.4. The lowest BCUT2D eigenvalue weighted by Crippen LogP contribution is -2.41. The third-order valence-electron chi connectivity index (χ3n) is 7.04. The smallest absolute Gasteiger partial charge is 0.389 e. The number of urea groups is 1. The lowest BCUT2D eigenvalue weighted by molar-refractivity contribution is -0.142. The molecule has 0 bridgehead atoms. The van der Waals surface area contributed by atoms with Crippen molar-refractivity contribution in [3.8, 4) is 0 Å². The minimum Gasteiger partial charge on any atom is -0.481 e. The molecule has 0 spiro atoms. The Balaban J connectivity index is 1.65. The number of halogens is 3. The van der Waals surface area contributed by atoms with E-state index in [1.54, 1.807) is 13.0 Å². The zero-order chi connectivity index (χ0) is 26.6. The van der Waals surface area contributed by atoms with Crippen LogP contribution in [0.15, 0.2) is 36.9 Å². The Labute approximate surface area is 213 Å². The monoisotopic (exact) mass is 519 g/mol. The summed E-state index contributed by atoms with van der Waals surface area (Å²) in [6.07, 6.45) is 4.36. The van der Waals surface area contributed by atoms with Crippen LogP contribution in [-0.4, -0.2) is 45.8 Å². The minimum atomic E-state index is -4.27. The molecule has 3 atom stereocenters. The molecule has 200 valence electrons. The van der Waals surface area contributed by atoms with Crippen LogP contribution in [0.1, 0.15) is 63.4 Å². The molecule has 1 heterocycles. The van der Waals surface area contributed by atoms with Gasteiger partial charge in [0, 0.05) is 19.0 Å². The van der Waals surface area contributed by atoms with E-state index in [1.165, 1.54) is 18.7 Å². The van der Waals surface area contributed by atoms with Crippen molar-refractivity contribution in [1.82, 2.24) is 9.97 Å². The second-order valence-corrected chi connectivity index (χ2v) is 10.1. The first-order valence-electron chi connectivity index (χ1n) is 12.6. The topological polar surface area (TPSA) is 107 Å². The van der Waals surface area contributed by atoms with Crippen LogP contribution < -0.4 is 15.5 Å². The quantitative estimate of drug-likeness (QED) is 0.373. The van der Waals surface area contributed by atoms with E-state index in [9.17, 15) is 27.9 Å². The van der Waals surface area contributed by atoms with Crippen molar-refractivity contribution < 1.29 is 27.9 Å². The van der Waals surface area contributed by atoms with Gasteiger partial charge in [0.15, 0.2) is 0 Å². The number of rotatable bonds is 9. The normalized spacial score (nSPS) is 20.6. The number of aromatic nitrogens is 2. The van der Waals surface area contributed by atoms with Gasteiger partial charge in [0.1, 0.15) is 6.33 Å². The number of carbonyl (C=O) groups excluding carboxylic acids is 1. The molecule has 2 aliphatic carbocycles. The number of amides is 2. The first kappa shape index (κ1) is 26.7. The number of nitrogens with one attached hydrogen (secondary N) is 2. The van der Waals surface area contributed by atoms with Gasteiger partial charge in [-0.05, 0) is 48.8 Å². The van der Waals surface area contributed by atoms with Crippen molar-refractivity contribution >= 4 is 29.1 Å². The maximum absolute atomic E-state index is 13.2. The molecule has 2 aliphatic rings. The zero-order valence-electron chi connectivity index (χ0n) is 20.7. The number of benzene rings is 1. The highest BCUT2D eigenvalue weighted by atomic mass is 19.4. The molecule has 0 aliphatic heterocycles. The van der Waals surface area contributed by atoms with E-state index in [1.807, 2.05) is 17.0 Å². The van der Waals surface area contributed by atoms with Crippen molar-refractivity contribution in [2.45, 2.75) is 70.0 Å². The number of anilines is 3. The summed E-state index contributed by atoms with van der Waals surface area (Å²) in [5, 5.41) is 14.9. The van der Waals surface area contributed by atoms with Crippen LogP contribution in [0.3, 0.4) is 0 Å². The van der Waals surface area contributed by atoms with Crippen LogP contribution in [0.25, 0.3) is 0 Å². The lowest BCUT2D eigenvalue weighted by atomic mass is 9.92. The highest BCUT2D eigenvalue weighted by Crippen LogP contribution is 2.49. The number of aliphatic carboxylic acids is 1. The molecule has 4 rings (SSSR count). The second-order valence-electron chi connectivity index (χ2n) is 10.1. The van der Waals surface area contributed by atoms with Gasteiger partial charge in [0.2, 0.25) is 0 Å². The predicted molar refractivity (Wildman–Crippen MR) is 134 cm³/mol. The van der Waals surface area contributed by atoms with E-state index in [2.05, 4.69) is 20.6 Å². The molecular weight excluding hydrogens is 487 g/mol. The molecule has 3 N–H and O–H groups in total. The average molecular weight is 520 g/mol. The van der Waals surface area contributed by atoms with Gasteiger partial charge in [-0.3, -0.25) is 4.79 Å². The van der Waals surface area contributed by atoms with Crippen LogP contribution in [0.5, 0.6) is 0 Å². The molecule has 2 fully saturated rings. The number of hydrogen-bond donors (Lipinski definition) is 3. The highest BCUT2D eigenvalue weighted by molar-refractivity contribution is 6.01. The van der Waals surface area contributed by atoms with Crippen LogP contribution in [0.2, 0.25) is 0 Å². The Morgan fingerprint density at radius 2 is 1.84 bits per heavy atom. The van der Waals surface area contributed by atoms with E-state index >= 15 is 0 Å². The molecule has 1 aromatic heterocycles. The van der Waals surface area contributed by atoms with Crippen molar-refractivity contribution in [3.05, 3.63) is 42.5 Å². The molecule has 0 saturated heterocycles. The fourth-order valence-electron chi connectivity index (χ4n) is 5.25. The van der Waals surface area contributed by atoms with Gasteiger partial charge in [-0.2, -0.15) is 13.2 Å². The van der Waals surface area contributed by atoms with E-state index in [4.69, 9.17) is 0 Å². The van der Waals surface area contributed by atoms with Crippen LogP contribution in [0.4, 0.5) is 35.0 Å². The zero-order valence-corrected chi connectivity index (χ0v) is 20.7. The van der Waals surface area contributed by atoms with E-state index < -0.39 is 36.4 Å². The fourth-order valence-corrected chi connectivity index (χ4v) is 5.25. The van der Waals surface area contributed by atoms with E-state index in [0.29, 0.717) is 23.5 Å². The number of hydrogen-bond acceptors (Lipinski definition) is 5. The molecule has 1 unspecified atom stereocenters. The predicted octanol–water partition coefficient (Wildman–Crippen LogP) is 6.04. The van der Waals surface area contributed by atoms with Gasteiger partial charge < -0.3 is 20.6 Å². The maximum Gasteiger partial charge on any atom is 0.389 e. The number of alkyl halides is 3. The summed E-state index contributed by atoms with van der Waals surface area (Å²) in [6, 6.07) is 4.90. The summed E-state index contributed by atoms with van der Waals surface area (Å²) >= 11 is 0.